The van der Waals surface area contributed by atoms with Crippen molar-refractivity contribution in [3.8, 4) is 0 Å². The Hall–Kier alpha value is -2.14. The SMILES string of the molecule is Cc1nn(C)c(C)c1CC(C)NC(=O)CN1CCC(c2ccccc2)CC1. The van der Waals surface area contributed by atoms with Crippen molar-refractivity contribution in [3.05, 3.63) is 52.8 Å². The van der Waals surface area contributed by atoms with E-state index in [0.717, 1.165) is 38.0 Å². The molecule has 1 aliphatic rings. The van der Waals surface area contributed by atoms with E-state index in [1.54, 1.807) is 0 Å². The van der Waals surface area contributed by atoms with E-state index >= 15 is 0 Å². The first-order valence-corrected chi connectivity index (χ1v) is 9.99. The molecule has 1 aliphatic heterocycles. The van der Waals surface area contributed by atoms with Gasteiger partial charge < -0.3 is 5.32 Å². The van der Waals surface area contributed by atoms with Crippen molar-refractivity contribution in [1.29, 1.82) is 0 Å². The average Bonchev–Trinajstić information content (AvgIpc) is 2.89. The number of piperidine rings is 1. The van der Waals surface area contributed by atoms with Crippen LogP contribution >= 0.6 is 0 Å². The quantitative estimate of drug-likeness (QED) is 0.853. The van der Waals surface area contributed by atoms with Crippen LogP contribution in [0.5, 0.6) is 0 Å². The third-order valence-corrected chi connectivity index (χ3v) is 5.80. The number of benzene rings is 1. The van der Waals surface area contributed by atoms with Crippen LogP contribution in [0.25, 0.3) is 0 Å². The van der Waals surface area contributed by atoms with Gasteiger partial charge in [-0.05, 0) is 70.2 Å². The lowest BCUT2D eigenvalue weighted by molar-refractivity contribution is -0.123. The summed E-state index contributed by atoms with van der Waals surface area (Å²) in [6.45, 7) is 8.67. The van der Waals surface area contributed by atoms with Crippen molar-refractivity contribution in [2.24, 2.45) is 7.05 Å². The van der Waals surface area contributed by atoms with Gasteiger partial charge in [0.1, 0.15) is 0 Å². The van der Waals surface area contributed by atoms with Gasteiger partial charge in [-0.1, -0.05) is 30.3 Å². The van der Waals surface area contributed by atoms with Gasteiger partial charge in [0.2, 0.25) is 5.91 Å². The number of nitrogens with zero attached hydrogens (tertiary/aromatic N) is 3. The fourth-order valence-corrected chi connectivity index (χ4v) is 4.14. The molecule has 2 heterocycles. The number of likely N-dealkylation sites (tertiary alicyclic amines) is 1. The standard InChI is InChI=1S/C22H32N4O/c1-16(14-21-17(2)24-25(4)18(21)3)23-22(27)15-26-12-10-20(11-13-26)19-8-6-5-7-9-19/h5-9,16,20H,10-15H2,1-4H3,(H,23,27). The molecule has 1 atom stereocenters. The molecule has 0 bridgehead atoms. The van der Waals surface area contributed by atoms with Crippen LogP contribution in [0, 0.1) is 13.8 Å². The normalized spacial score (nSPS) is 17.0. The predicted octanol–water partition coefficient (Wildman–Crippen LogP) is 2.96. The predicted molar refractivity (Wildman–Crippen MR) is 109 cm³/mol. The highest BCUT2D eigenvalue weighted by molar-refractivity contribution is 5.78. The molecule has 1 unspecified atom stereocenters. The molecule has 146 valence electrons. The summed E-state index contributed by atoms with van der Waals surface area (Å²) in [6.07, 6.45) is 3.08. The van der Waals surface area contributed by atoms with Gasteiger partial charge in [0.15, 0.2) is 0 Å². The van der Waals surface area contributed by atoms with Crippen LogP contribution in [0.4, 0.5) is 0 Å². The molecule has 3 rings (SSSR count). The van der Waals surface area contributed by atoms with Crippen molar-refractivity contribution in [1.82, 2.24) is 20.0 Å². The number of rotatable bonds is 6. The van der Waals surface area contributed by atoms with E-state index in [2.05, 4.69) is 59.5 Å². The Balaban J connectivity index is 1.44. The van der Waals surface area contributed by atoms with Crippen molar-refractivity contribution >= 4 is 5.91 Å². The Bertz CT molecular complexity index is 760. The Morgan fingerprint density at radius 2 is 1.89 bits per heavy atom. The minimum absolute atomic E-state index is 0.112. The second kappa shape index (κ2) is 8.70. The molecule has 1 saturated heterocycles. The van der Waals surface area contributed by atoms with Crippen LogP contribution in [0.2, 0.25) is 0 Å². The monoisotopic (exact) mass is 368 g/mol. The Morgan fingerprint density at radius 3 is 2.48 bits per heavy atom. The Kier molecular flexibility index (Phi) is 6.32. The Labute approximate surface area is 162 Å². The largest absolute Gasteiger partial charge is 0.352 e. The van der Waals surface area contributed by atoms with Crippen molar-refractivity contribution in [3.63, 3.8) is 0 Å². The molecule has 5 nitrogen and oxygen atoms in total. The molecule has 1 aromatic carbocycles. The second-order valence-electron chi connectivity index (χ2n) is 7.91. The first-order chi connectivity index (χ1) is 12.9. The van der Waals surface area contributed by atoms with Gasteiger partial charge in [-0.15, -0.1) is 0 Å². The van der Waals surface area contributed by atoms with Crippen LogP contribution in [-0.4, -0.2) is 46.3 Å². The highest BCUT2D eigenvalue weighted by Gasteiger charge is 2.22. The minimum atomic E-state index is 0.112. The summed E-state index contributed by atoms with van der Waals surface area (Å²) < 4.78 is 1.91. The summed E-state index contributed by atoms with van der Waals surface area (Å²) in [5, 5.41) is 7.63. The van der Waals surface area contributed by atoms with Crippen molar-refractivity contribution in [2.45, 2.75) is 52.0 Å². The molecule has 0 saturated carbocycles. The zero-order chi connectivity index (χ0) is 19.4. The molecular weight excluding hydrogens is 336 g/mol. The zero-order valence-electron chi connectivity index (χ0n) is 17.0. The van der Waals surface area contributed by atoms with Gasteiger partial charge in [-0.2, -0.15) is 5.10 Å². The average molecular weight is 369 g/mol. The summed E-state index contributed by atoms with van der Waals surface area (Å²) >= 11 is 0. The van der Waals surface area contributed by atoms with Crippen molar-refractivity contribution in [2.75, 3.05) is 19.6 Å². The zero-order valence-corrected chi connectivity index (χ0v) is 17.0. The van der Waals surface area contributed by atoms with E-state index in [1.165, 1.54) is 16.8 Å². The van der Waals surface area contributed by atoms with Gasteiger partial charge in [0.05, 0.1) is 12.2 Å². The van der Waals surface area contributed by atoms with Crippen LogP contribution in [0.15, 0.2) is 30.3 Å². The summed E-state index contributed by atoms with van der Waals surface area (Å²) in [6, 6.07) is 10.8. The molecule has 1 N–H and O–H groups in total. The van der Waals surface area contributed by atoms with Crippen molar-refractivity contribution < 1.29 is 4.79 Å². The lowest BCUT2D eigenvalue weighted by Gasteiger charge is -2.32. The van der Waals surface area contributed by atoms with Gasteiger partial charge in [-0.25, -0.2) is 0 Å². The molecule has 1 fully saturated rings. The number of nitrogens with one attached hydrogen (secondary N) is 1. The van der Waals surface area contributed by atoms with Crippen LogP contribution < -0.4 is 5.32 Å². The lowest BCUT2D eigenvalue weighted by Crippen LogP contribution is -2.44. The number of aromatic nitrogens is 2. The maximum absolute atomic E-state index is 12.5. The molecule has 1 amide bonds. The molecule has 0 radical (unpaired) electrons. The van der Waals surface area contributed by atoms with E-state index in [9.17, 15) is 4.79 Å². The third-order valence-electron chi connectivity index (χ3n) is 5.80. The number of carbonyl (C=O) groups is 1. The van der Waals surface area contributed by atoms with Crippen LogP contribution in [0.3, 0.4) is 0 Å². The number of aryl methyl sites for hydroxylation is 2. The van der Waals surface area contributed by atoms with Gasteiger partial charge >= 0.3 is 0 Å². The van der Waals surface area contributed by atoms with Gasteiger partial charge in [-0.3, -0.25) is 14.4 Å². The fourth-order valence-electron chi connectivity index (χ4n) is 4.14. The number of carbonyl (C=O) groups excluding carboxylic acids is 1. The summed E-state index contributed by atoms with van der Waals surface area (Å²) in [7, 11) is 1.97. The van der Waals surface area contributed by atoms with Gasteiger partial charge in [0.25, 0.3) is 0 Å². The van der Waals surface area contributed by atoms with E-state index in [4.69, 9.17) is 0 Å². The molecule has 1 aromatic heterocycles. The first kappa shape index (κ1) is 19.6. The summed E-state index contributed by atoms with van der Waals surface area (Å²) in [5.41, 5.74) is 4.90. The maximum Gasteiger partial charge on any atom is 0.234 e. The fraction of sp³-hybridized carbons (Fsp3) is 0.545. The molecule has 2 aromatic rings. The maximum atomic E-state index is 12.5. The van der Waals surface area contributed by atoms with E-state index in [0.29, 0.717) is 12.5 Å². The van der Waals surface area contributed by atoms with E-state index in [1.807, 2.05) is 18.7 Å². The van der Waals surface area contributed by atoms with E-state index < -0.39 is 0 Å². The minimum Gasteiger partial charge on any atom is -0.352 e. The topological polar surface area (TPSA) is 50.2 Å². The Morgan fingerprint density at radius 1 is 1.22 bits per heavy atom. The lowest BCUT2D eigenvalue weighted by atomic mass is 9.89. The molecular formula is C22H32N4O. The molecule has 27 heavy (non-hydrogen) atoms. The smallest absolute Gasteiger partial charge is 0.234 e. The molecule has 0 spiro atoms. The van der Waals surface area contributed by atoms with Gasteiger partial charge in [0, 0.05) is 18.8 Å². The molecule has 5 heteroatoms. The second-order valence-corrected chi connectivity index (χ2v) is 7.91. The number of hydrogen-bond acceptors (Lipinski definition) is 3. The first-order valence-electron chi connectivity index (χ1n) is 9.99. The van der Waals surface area contributed by atoms with E-state index in [-0.39, 0.29) is 11.9 Å². The highest BCUT2D eigenvalue weighted by atomic mass is 16.2. The summed E-state index contributed by atoms with van der Waals surface area (Å²) in [5.74, 6) is 0.751. The number of amides is 1. The third kappa shape index (κ3) is 4.98. The highest BCUT2D eigenvalue weighted by Crippen LogP contribution is 2.27. The molecule has 0 aliphatic carbocycles. The number of hydrogen-bond donors (Lipinski definition) is 1. The summed E-state index contributed by atoms with van der Waals surface area (Å²) in [4.78, 5) is 14.7. The van der Waals surface area contributed by atoms with Crippen LogP contribution in [-0.2, 0) is 18.3 Å². The van der Waals surface area contributed by atoms with Crippen LogP contribution in [0.1, 0.15) is 48.2 Å².